The maximum atomic E-state index is 6.21. The predicted molar refractivity (Wildman–Crippen MR) is 86.3 cm³/mol. The number of unbranched alkanes of at least 4 members (excludes halogenated alkanes) is 1. The summed E-state index contributed by atoms with van der Waals surface area (Å²) in [6, 6.07) is 5.78. The first-order chi connectivity index (χ1) is 10.3. The molecule has 0 aliphatic carbocycles. The summed E-state index contributed by atoms with van der Waals surface area (Å²) in [4.78, 5) is 0. The lowest BCUT2D eigenvalue weighted by molar-refractivity contribution is 0.0977. The molecule has 0 atom stereocenters. The van der Waals surface area contributed by atoms with E-state index in [4.69, 9.17) is 25.8 Å². The van der Waals surface area contributed by atoms with Gasteiger partial charge in [0.15, 0.2) is 0 Å². The number of hydrogen-bond donors (Lipinski definition) is 1. The van der Waals surface area contributed by atoms with E-state index in [1.165, 1.54) is 0 Å². The first-order valence-corrected chi connectivity index (χ1v) is 7.85. The largest absolute Gasteiger partial charge is 0.489 e. The Hall–Kier alpha value is -0.810. The molecule has 0 amide bonds. The molecule has 0 saturated carbocycles. The molecule has 0 aliphatic heterocycles. The molecule has 0 saturated heterocycles. The van der Waals surface area contributed by atoms with Gasteiger partial charge in [-0.25, -0.2) is 0 Å². The van der Waals surface area contributed by atoms with Crippen LogP contribution < -0.4 is 10.1 Å². The van der Waals surface area contributed by atoms with Crippen LogP contribution in [0, 0.1) is 0 Å². The van der Waals surface area contributed by atoms with Crippen LogP contribution in [0.25, 0.3) is 0 Å². The van der Waals surface area contributed by atoms with Gasteiger partial charge in [-0.3, -0.25) is 0 Å². The van der Waals surface area contributed by atoms with Crippen molar-refractivity contribution in [2.75, 3.05) is 40.1 Å². The SMILES string of the molecule is CCCCOCCOc1c(Cl)cccc1CNCCOC. The van der Waals surface area contributed by atoms with Crippen LogP contribution in [0.3, 0.4) is 0 Å². The molecule has 0 spiro atoms. The van der Waals surface area contributed by atoms with Crippen LogP contribution in [0.5, 0.6) is 5.75 Å². The van der Waals surface area contributed by atoms with Crippen LogP contribution in [0.15, 0.2) is 18.2 Å². The number of para-hydroxylation sites is 1. The van der Waals surface area contributed by atoms with Gasteiger partial charge in [0.2, 0.25) is 0 Å². The zero-order valence-corrected chi connectivity index (χ0v) is 13.7. The monoisotopic (exact) mass is 315 g/mol. The van der Waals surface area contributed by atoms with Gasteiger partial charge in [0.1, 0.15) is 12.4 Å². The van der Waals surface area contributed by atoms with Gasteiger partial charge in [-0.15, -0.1) is 0 Å². The number of benzene rings is 1. The third kappa shape index (κ3) is 7.67. The van der Waals surface area contributed by atoms with Crippen molar-refractivity contribution in [1.29, 1.82) is 0 Å². The average molecular weight is 316 g/mol. The summed E-state index contributed by atoms with van der Waals surface area (Å²) in [6.07, 6.45) is 2.23. The summed E-state index contributed by atoms with van der Waals surface area (Å²) in [5.41, 5.74) is 1.05. The van der Waals surface area contributed by atoms with Crippen molar-refractivity contribution in [1.82, 2.24) is 5.32 Å². The normalized spacial score (nSPS) is 10.8. The fourth-order valence-corrected chi connectivity index (χ4v) is 2.05. The summed E-state index contributed by atoms with van der Waals surface area (Å²) in [5, 5.41) is 3.93. The molecule has 1 aromatic rings. The smallest absolute Gasteiger partial charge is 0.142 e. The van der Waals surface area contributed by atoms with Crippen LogP contribution in [0.4, 0.5) is 0 Å². The molecule has 0 aliphatic rings. The number of hydrogen-bond acceptors (Lipinski definition) is 4. The minimum Gasteiger partial charge on any atom is -0.489 e. The zero-order chi connectivity index (χ0) is 15.3. The van der Waals surface area contributed by atoms with Gasteiger partial charge in [0, 0.05) is 32.4 Å². The van der Waals surface area contributed by atoms with Crippen LogP contribution >= 0.6 is 11.6 Å². The van der Waals surface area contributed by atoms with Crippen LogP contribution in [0.2, 0.25) is 5.02 Å². The first-order valence-electron chi connectivity index (χ1n) is 7.47. The van der Waals surface area contributed by atoms with Crippen molar-refractivity contribution in [3.05, 3.63) is 28.8 Å². The number of nitrogens with one attached hydrogen (secondary N) is 1. The molecule has 4 nitrogen and oxygen atoms in total. The second-order valence-electron chi connectivity index (χ2n) is 4.71. The van der Waals surface area contributed by atoms with Gasteiger partial charge in [-0.1, -0.05) is 37.1 Å². The Bertz CT molecular complexity index is 388. The van der Waals surface area contributed by atoms with Gasteiger partial charge in [0.25, 0.3) is 0 Å². The lowest BCUT2D eigenvalue weighted by Gasteiger charge is -2.14. The molecule has 5 heteroatoms. The van der Waals surface area contributed by atoms with Gasteiger partial charge >= 0.3 is 0 Å². The molecule has 1 aromatic carbocycles. The summed E-state index contributed by atoms with van der Waals surface area (Å²) < 4.78 is 16.3. The van der Waals surface area contributed by atoms with Gasteiger partial charge in [-0.2, -0.15) is 0 Å². The van der Waals surface area contributed by atoms with Crippen LogP contribution in [-0.2, 0) is 16.0 Å². The van der Waals surface area contributed by atoms with E-state index in [9.17, 15) is 0 Å². The molecule has 0 aromatic heterocycles. The summed E-state index contributed by atoms with van der Waals surface area (Å²) in [5.74, 6) is 0.739. The maximum Gasteiger partial charge on any atom is 0.142 e. The molecular weight excluding hydrogens is 290 g/mol. The minimum absolute atomic E-state index is 0.512. The van der Waals surface area contributed by atoms with Gasteiger partial charge in [0.05, 0.1) is 18.2 Å². The fraction of sp³-hybridized carbons (Fsp3) is 0.625. The second kappa shape index (κ2) is 11.8. The van der Waals surface area contributed by atoms with E-state index in [-0.39, 0.29) is 0 Å². The Kier molecular flexibility index (Phi) is 10.3. The summed E-state index contributed by atoms with van der Waals surface area (Å²) >= 11 is 6.21. The lowest BCUT2D eigenvalue weighted by Crippen LogP contribution is -2.19. The van der Waals surface area contributed by atoms with Gasteiger partial charge < -0.3 is 19.5 Å². The molecule has 0 heterocycles. The van der Waals surface area contributed by atoms with E-state index in [0.29, 0.717) is 31.4 Å². The Morgan fingerprint density at radius 1 is 1.14 bits per heavy atom. The molecule has 120 valence electrons. The van der Waals surface area contributed by atoms with Crippen LogP contribution in [0.1, 0.15) is 25.3 Å². The van der Waals surface area contributed by atoms with E-state index in [1.54, 1.807) is 7.11 Å². The summed E-state index contributed by atoms with van der Waals surface area (Å²) in [7, 11) is 1.69. The first kappa shape index (κ1) is 18.2. The predicted octanol–water partition coefficient (Wildman–Crippen LogP) is 3.27. The third-order valence-corrected chi connectivity index (χ3v) is 3.26. The average Bonchev–Trinajstić information content (AvgIpc) is 2.49. The van der Waals surface area contributed by atoms with Crippen molar-refractivity contribution in [2.45, 2.75) is 26.3 Å². The summed E-state index contributed by atoms with van der Waals surface area (Å²) in [6.45, 7) is 6.21. The molecule has 0 unspecified atom stereocenters. The molecule has 0 bridgehead atoms. The van der Waals surface area contributed by atoms with E-state index in [0.717, 1.165) is 37.3 Å². The maximum absolute atomic E-state index is 6.21. The zero-order valence-electron chi connectivity index (χ0n) is 13.0. The van der Waals surface area contributed by atoms with Crippen molar-refractivity contribution >= 4 is 11.6 Å². The van der Waals surface area contributed by atoms with Crippen molar-refractivity contribution in [2.24, 2.45) is 0 Å². The number of halogens is 1. The molecule has 21 heavy (non-hydrogen) atoms. The van der Waals surface area contributed by atoms with Crippen molar-refractivity contribution in [3.8, 4) is 5.75 Å². The minimum atomic E-state index is 0.512. The molecule has 1 N–H and O–H groups in total. The van der Waals surface area contributed by atoms with Gasteiger partial charge in [-0.05, 0) is 12.5 Å². The molecule has 1 rings (SSSR count). The van der Waals surface area contributed by atoms with E-state index in [1.807, 2.05) is 18.2 Å². The standard InChI is InChI=1S/C16H26ClNO3/c1-3-4-9-20-11-12-21-16-14(6-5-7-15(16)17)13-18-8-10-19-2/h5-7,18H,3-4,8-13H2,1-2H3. The second-order valence-corrected chi connectivity index (χ2v) is 5.12. The van der Waals surface area contributed by atoms with E-state index >= 15 is 0 Å². The highest BCUT2D eigenvalue weighted by molar-refractivity contribution is 6.32. The van der Waals surface area contributed by atoms with Crippen molar-refractivity contribution in [3.63, 3.8) is 0 Å². The highest BCUT2D eigenvalue weighted by Gasteiger charge is 2.08. The third-order valence-electron chi connectivity index (χ3n) is 2.96. The van der Waals surface area contributed by atoms with Crippen LogP contribution in [-0.4, -0.2) is 40.1 Å². The number of ether oxygens (including phenoxy) is 3. The number of methoxy groups -OCH3 is 1. The molecule has 0 radical (unpaired) electrons. The lowest BCUT2D eigenvalue weighted by atomic mass is 10.2. The highest BCUT2D eigenvalue weighted by atomic mass is 35.5. The van der Waals surface area contributed by atoms with E-state index < -0.39 is 0 Å². The molecule has 0 fully saturated rings. The molecular formula is C16H26ClNO3. The Balaban J connectivity index is 2.39. The Morgan fingerprint density at radius 2 is 2.00 bits per heavy atom. The topological polar surface area (TPSA) is 39.7 Å². The quantitative estimate of drug-likeness (QED) is 0.601. The van der Waals surface area contributed by atoms with Crippen molar-refractivity contribution < 1.29 is 14.2 Å². The Morgan fingerprint density at radius 3 is 2.76 bits per heavy atom. The van der Waals surface area contributed by atoms with E-state index in [2.05, 4.69) is 12.2 Å². The highest BCUT2D eigenvalue weighted by Crippen LogP contribution is 2.28. The number of rotatable bonds is 12. The fourth-order valence-electron chi connectivity index (χ4n) is 1.80. The Labute approximate surface area is 132 Å².